The van der Waals surface area contributed by atoms with E-state index in [2.05, 4.69) is 5.32 Å². The molecule has 0 atom stereocenters. The Morgan fingerprint density at radius 1 is 1.26 bits per heavy atom. The molecular weight excluding hydrogens is 307 g/mol. The number of ether oxygens (including phenoxy) is 1. The van der Waals surface area contributed by atoms with E-state index in [1.807, 2.05) is 0 Å². The van der Waals surface area contributed by atoms with Gasteiger partial charge in [0.2, 0.25) is 0 Å². The highest BCUT2D eigenvalue weighted by Gasteiger charge is 2.17. The van der Waals surface area contributed by atoms with Crippen molar-refractivity contribution in [2.75, 3.05) is 11.9 Å². The minimum atomic E-state index is -0.708. The fourth-order valence-electron chi connectivity index (χ4n) is 1.75. The van der Waals surface area contributed by atoms with Crippen molar-refractivity contribution in [1.82, 2.24) is 0 Å². The molecule has 8 heteroatoms. The molecule has 0 saturated heterocycles. The van der Waals surface area contributed by atoms with Crippen molar-refractivity contribution in [3.63, 3.8) is 0 Å². The van der Waals surface area contributed by atoms with Crippen LogP contribution in [-0.4, -0.2) is 23.7 Å². The first-order valence-corrected chi connectivity index (χ1v) is 6.41. The number of aldehydes is 1. The molecule has 0 aliphatic carbocycles. The third-order valence-electron chi connectivity index (χ3n) is 2.80. The lowest BCUT2D eigenvalue weighted by Gasteiger charge is -2.08. The van der Waals surface area contributed by atoms with Gasteiger partial charge in [0.05, 0.1) is 4.92 Å². The number of hydrogen-bond donors (Lipinski definition) is 1. The molecule has 0 bridgehead atoms. The Morgan fingerprint density at radius 3 is 2.57 bits per heavy atom. The van der Waals surface area contributed by atoms with Gasteiger partial charge in [-0.1, -0.05) is 0 Å². The summed E-state index contributed by atoms with van der Waals surface area (Å²) in [4.78, 5) is 32.6. The number of amides is 1. The Balaban J connectivity index is 2.02. The van der Waals surface area contributed by atoms with Gasteiger partial charge < -0.3 is 10.1 Å². The number of benzene rings is 2. The van der Waals surface area contributed by atoms with Crippen molar-refractivity contribution in [3.05, 3.63) is 64.0 Å². The second kappa shape index (κ2) is 7.12. The molecule has 7 nitrogen and oxygen atoms in total. The third-order valence-corrected chi connectivity index (χ3v) is 2.80. The Bertz CT molecular complexity index is 746. The van der Waals surface area contributed by atoms with Gasteiger partial charge in [-0.2, -0.15) is 0 Å². The number of rotatable bonds is 6. The molecule has 0 aliphatic heterocycles. The van der Waals surface area contributed by atoms with E-state index < -0.39 is 28.9 Å². The fourth-order valence-corrected chi connectivity index (χ4v) is 1.75. The predicted molar refractivity (Wildman–Crippen MR) is 79.0 cm³/mol. The zero-order chi connectivity index (χ0) is 16.8. The predicted octanol–water partition coefficient (Wildman–Crippen LogP) is 2.56. The first kappa shape index (κ1) is 16.1. The van der Waals surface area contributed by atoms with E-state index in [4.69, 9.17) is 4.74 Å². The summed E-state index contributed by atoms with van der Waals surface area (Å²) < 4.78 is 17.9. The highest BCUT2D eigenvalue weighted by molar-refractivity contribution is 5.91. The van der Waals surface area contributed by atoms with Gasteiger partial charge >= 0.3 is 5.69 Å². The summed E-state index contributed by atoms with van der Waals surface area (Å²) in [5, 5.41) is 13.4. The molecule has 2 aromatic carbocycles. The lowest BCUT2D eigenvalue weighted by molar-refractivity contribution is -0.385. The van der Waals surface area contributed by atoms with Gasteiger partial charge in [-0.25, -0.2) is 4.39 Å². The van der Waals surface area contributed by atoms with E-state index in [9.17, 15) is 24.1 Å². The molecule has 23 heavy (non-hydrogen) atoms. The maximum absolute atomic E-state index is 12.7. The summed E-state index contributed by atoms with van der Waals surface area (Å²) in [5.41, 5.74) is 0.0785. The number of halogens is 1. The highest BCUT2D eigenvalue weighted by Crippen LogP contribution is 2.27. The van der Waals surface area contributed by atoms with Gasteiger partial charge in [0.1, 0.15) is 12.1 Å². The normalized spacial score (nSPS) is 9.96. The van der Waals surface area contributed by atoms with Crippen LogP contribution in [0.1, 0.15) is 10.4 Å². The second-order valence-corrected chi connectivity index (χ2v) is 4.45. The first-order chi connectivity index (χ1) is 11.0. The van der Waals surface area contributed by atoms with Crippen LogP contribution >= 0.6 is 0 Å². The maximum Gasteiger partial charge on any atom is 0.311 e. The lowest BCUT2D eigenvalue weighted by Crippen LogP contribution is -2.20. The van der Waals surface area contributed by atoms with Crippen molar-refractivity contribution in [2.45, 2.75) is 0 Å². The van der Waals surface area contributed by atoms with Crippen LogP contribution in [0.25, 0.3) is 0 Å². The third kappa shape index (κ3) is 4.34. The first-order valence-electron chi connectivity index (χ1n) is 6.41. The van der Waals surface area contributed by atoms with Crippen LogP contribution in [0.2, 0.25) is 0 Å². The summed E-state index contributed by atoms with van der Waals surface area (Å²) in [6.45, 7) is -0.474. The quantitative estimate of drug-likeness (QED) is 0.501. The van der Waals surface area contributed by atoms with Gasteiger partial charge in [0.15, 0.2) is 12.4 Å². The zero-order valence-corrected chi connectivity index (χ0v) is 11.7. The number of hydrogen-bond acceptors (Lipinski definition) is 5. The molecule has 0 unspecified atom stereocenters. The maximum atomic E-state index is 12.7. The number of nitrogens with one attached hydrogen (secondary N) is 1. The smallest absolute Gasteiger partial charge is 0.311 e. The van der Waals surface area contributed by atoms with Gasteiger partial charge in [-0.05, 0) is 36.4 Å². The molecule has 0 aromatic heterocycles. The summed E-state index contributed by atoms with van der Waals surface area (Å²) in [6.07, 6.45) is 0.470. The molecular formula is C15H11FN2O5. The molecule has 118 valence electrons. The Labute approximate surface area is 129 Å². The molecule has 0 aliphatic rings. The molecule has 1 amide bonds. The topological polar surface area (TPSA) is 98.5 Å². The van der Waals surface area contributed by atoms with E-state index in [1.54, 1.807) is 0 Å². The van der Waals surface area contributed by atoms with Crippen LogP contribution < -0.4 is 10.1 Å². The van der Waals surface area contributed by atoms with Crippen molar-refractivity contribution in [2.24, 2.45) is 0 Å². The van der Waals surface area contributed by atoms with Gasteiger partial charge in [-0.15, -0.1) is 0 Å². The SMILES string of the molecule is O=Cc1ccc(OCC(=O)Nc2ccc(F)cc2)c([N+](=O)[O-])c1. The average molecular weight is 318 g/mol. The number of carbonyl (C=O) groups excluding carboxylic acids is 2. The van der Waals surface area contributed by atoms with E-state index in [0.717, 1.165) is 6.07 Å². The molecule has 0 fully saturated rings. The minimum absolute atomic E-state index is 0.125. The van der Waals surface area contributed by atoms with Crippen LogP contribution in [0.4, 0.5) is 15.8 Å². The summed E-state index contributed by atoms with van der Waals surface area (Å²) >= 11 is 0. The molecule has 0 radical (unpaired) electrons. The molecule has 1 N–H and O–H groups in total. The molecule has 0 saturated carbocycles. The zero-order valence-electron chi connectivity index (χ0n) is 11.7. The molecule has 0 spiro atoms. The molecule has 0 heterocycles. The van der Waals surface area contributed by atoms with Crippen molar-refractivity contribution < 1.29 is 23.6 Å². The lowest BCUT2D eigenvalue weighted by atomic mass is 10.2. The number of carbonyl (C=O) groups is 2. The minimum Gasteiger partial charge on any atom is -0.477 e. The van der Waals surface area contributed by atoms with Crippen molar-refractivity contribution in [1.29, 1.82) is 0 Å². The van der Waals surface area contributed by atoms with Crippen molar-refractivity contribution >= 4 is 23.6 Å². The van der Waals surface area contributed by atoms with Crippen LogP contribution in [0.5, 0.6) is 5.75 Å². The summed E-state index contributed by atoms with van der Waals surface area (Å²) in [5.74, 6) is -1.13. The summed E-state index contributed by atoms with van der Waals surface area (Å²) in [7, 11) is 0. The number of anilines is 1. The summed E-state index contributed by atoms with van der Waals surface area (Å²) in [6, 6.07) is 8.74. The van der Waals surface area contributed by atoms with Crippen LogP contribution in [0.15, 0.2) is 42.5 Å². The van der Waals surface area contributed by atoms with Gasteiger partial charge in [0.25, 0.3) is 5.91 Å². The molecule has 2 rings (SSSR count). The number of nitrogens with zero attached hydrogens (tertiary/aromatic N) is 1. The standard InChI is InChI=1S/C15H11FN2O5/c16-11-2-4-12(5-3-11)17-15(20)9-23-14-6-1-10(8-19)7-13(14)18(21)22/h1-8H,9H2,(H,17,20). The monoisotopic (exact) mass is 318 g/mol. The highest BCUT2D eigenvalue weighted by atomic mass is 19.1. The second-order valence-electron chi connectivity index (χ2n) is 4.45. The van der Waals surface area contributed by atoms with E-state index >= 15 is 0 Å². The number of nitro benzene ring substituents is 1. The van der Waals surface area contributed by atoms with E-state index in [-0.39, 0.29) is 11.3 Å². The van der Waals surface area contributed by atoms with E-state index in [0.29, 0.717) is 12.0 Å². The Kier molecular flexibility index (Phi) is 4.98. The van der Waals surface area contributed by atoms with Crippen LogP contribution in [-0.2, 0) is 4.79 Å². The van der Waals surface area contributed by atoms with Crippen molar-refractivity contribution in [3.8, 4) is 5.75 Å². The van der Waals surface area contributed by atoms with E-state index in [1.165, 1.54) is 36.4 Å². The largest absolute Gasteiger partial charge is 0.477 e. The Hall–Kier alpha value is -3.29. The fraction of sp³-hybridized carbons (Fsp3) is 0.0667. The van der Waals surface area contributed by atoms with Gasteiger partial charge in [-0.3, -0.25) is 19.7 Å². The Morgan fingerprint density at radius 2 is 1.96 bits per heavy atom. The number of nitro groups is 1. The van der Waals surface area contributed by atoms with Crippen LogP contribution in [0, 0.1) is 15.9 Å². The average Bonchev–Trinajstić information content (AvgIpc) is 2.54. The van der Waals surface area contributed by atoms with Crippen LogP contribution in [0.3, 0.4) is 0 Å². The van der Waals surface area contributed by atoms with Gasteiger partial charge in [0, 0.05) is 17.3 Å². The molecule has 2 aromatic rings.